The summed E-state index contributed by atoms with van der Waals surface area (Å²) in [5.74, 6) is 0.610. The summed E-state index contributed by atoms with van der Waals surface area (Å²) in [7, 11) is 0. The first-order valence-electron chi connectivity index (χ1n) is 8.78. The summed E-state index contributed by atoms with van der Waals surface area (Å²) in [6.45, 7) is 0.829. The molecule has 2 saturated carbocycles. The van der Waals surface area contributed by atoms with Gasteiger partial charge in [-0.1, -0.05) is 57.8 Å². The number of hydrogen-bond donors (Lipinski definition) is 2. The van der Waals surface area contributed by atoms with Crippen LogP contribution in [0.25, 0.3) is 0 Å². The van der Waals surface area contributed by atoms with Gasteiger partial charge in [-0.05, 0) is 31.6 Å². The Morgan fingerprint density at radius 3 is 1.68 bits per heavy atom. The van der Waals surface area contributed by atoms with E-state index in [0.717, 1.165) is 6.54 Å². The molecule has 0 aromatic heterocycles. The third kappa shape index (κ3) is 6.76. The van der Waals surface area contributed by atoms with Crippen molar-refractivity contribution in [3.05, 3.63) is 0 Å². The van der Waals surface area contributed by atoms with E-state index in [1.165, 1.54) is 83.5 Å². The van der Waals surface area contributed by atoms with Crippen LogP contribution in [0.3, 0.4) is 0 Å². The monoisotopic (exact) mass is 267 g/mol. The summed E-state index contributed by atoms with van der Waals surface area (Å²) in [5, 5.41) is 13.6. The van der Waals surface area contributed by atoms with Crippen molar-refractivity contribution in [1.29, 1.82) is 0 Å². The number of hydrogen-bond acceptors (Lipinski definition) is 2. The van der Waals surface area contributed by atoms with Crippen molar-refractivity contribution in [3.63, 3.8) is 0 Å². The second-order valence-electron chi connectivity index (χ2n) is 6.77. The number of aliphatic hydroxyl groups excluding tert-OH is 1. The van der Waals surface area contributed by atoms with Gasteiger partial charge in [0.2, 0.25) is 0 Å². The van der Waals surface area contributed by atoms with E-state index in [-0.39, 0.29) is 6.10 Å². The lowest BCUT2D eigenvalue weighted by atomic mass is 9.98. The highest BCUT2D eigenvalue weighted by molar-refractivity contribution is 4.83. The van der Waals surface area contributed by atoms with E-state index < -0.39 is 0 Å². The van der Waals surface area contributed by atoms with Crippen molar-refractivity contribution in [2.45, 2.75) is 95.6 Å². The Labute approximate surface area is 119 Å². The van der Waals surface area contributed by atoms with E-state index in [1.54, 1.807) is 0 Å². The second kappa shape index (κ2) is 8.97. The number of aliphatic hydroxyl groups is 1. The molecule has 0 saturated heterocycles. The average molecular weight is 267 g/mol. The molecule has 0 heterocycles. The van der Waals surface area contributed by atoms with E-state index in [0.29, 0.717) is 12.0 Å². The molecule has 0 bridgehead atoms. The van der Waals surface area contributed by atoms with Crippen molar-refractivity contribution in [2.75, 3.05) is 6.54 Å². The molecule has 0 spiro atoms. The maximum Gasteiger partial charge on any atom is 0.0692 e. The molecule has 1 unspecified atom stereocenters. The summed E-state index contributed by atoms with van der Waals surface area (Å²) in [6.07, 6.45) is 17.8. The van der Waals surface area contributed by atoms with E-state index in [1.807, 2.05) is 0 Å². The standard InChI is InChI=1S/C17H33NO/c19-17(15-12-13-15)14-18-16-10-8-6-4-2-1-3-5-7-9-11-16/h15-19H,1-14H2. The van der Waals surface area contributed by atoms with Crippen molar-refractivity contribution in [1.82, 2.24) is 5.32 Å². The van der Waals surface area contributed by atoms with Gasteiger partial charge in [-0.25, -0.2) is 0 Å². The van der Waals surface area contributed by atoms with Gasteiger partial charge >= 0.3 is 0 Å². The van der Waals surface area contributed by atoms with Gasteiger partial charge in [0.1, 0.15) is 0 Å². The highest BCUT2D eigenvalue weighted by Crippen LogP contribution is 2.32. The molecule has 0 aliphatic heterocycles. The quantitative estimate of drug-likeness (QED) is 0.806. The molecule has 0 aromatic carbocycles. The lowest BCUT2D eigenvalue weighted by Gasteiger charge is -2.21. The minimum atomic E-state index is -0.0821. The van der Waals surface area contributed by atoms with Gasteiger partial charge in [0.15, 0.2) is 0 Å². The van der Waals surface area contributed by atoms with E-state index in [2.05, 4.69) is 5.32 Å². The Morgan fingerprint density at radius 2 is 1.21 bits per heavy atom. The van der Waals surface area contributed by atoms with Gasteiger partial charge in [-0.2, -0.15) is 0 Å². The first-order valence-corrected chi connectivity index (χ1v) is 8.78. The zero-order chi connectivity index (χ0) is 13.3. The highest BCUT2D eigenvalue weighted by Gasteiger charge is 2.29. The Bertz CT molecular complexity index is 215. The summed E-state index contributed by atoms with van der Waals surface area (Å²) in [6, 6.07) is 0.660. The largest absolute Gasteiger partial charge is 0.392 e. The van der Waals surface area contributed by atoms with Crippen LogP contribution in [-0.2, 0) is 0 Å². The van der Waals surface area contributed by atoms with Gasteiger partial charge in [-0.15, -0.1) is 0 Å². The normalized spacial score (nSPS) is 26.4. The Balaban J connectivity index is 1.65. The Hall–Kier alpha value is -0.0800. The minimum absolute atomic E-state index is 0.0821. The fraction of sp³-hybridized carbons (Fsp3) is 1.00. The molecule has 1 atom stereocenters. The van der Waals surface area contributed by atoms with Crippen molar-refractivity contribution >= 4 is 0 Å². The smallest absolute Gasteiger partial charge is 0.0692 e. The van der Waals surface area contributed by atoms with Crippen LogP contribution < -0.4 is 5.32 Å². The van der Waals surface area contributed by atoms with Crippen LogP contribution in [0.4, 0.5) is 0 Å². The van der Waals surface area contributed by atoms with E-state index >= 15 is 0 Å². The molecule has 19 heavy (non-hydrogen) atoms. The van der Waals surface area contributed by atoms with Crippen molar-refractivity contribution in [3.8, 4) is 0 Å². The van der Waals surface area contributed by atoms with Crippen LogP contribution in [0.2, 0.25) is 0 Å². The van der Waals surface area contributed by atoms with Gasteiger partial charge in [-0.3, -0.25) is 0 Å². The second-order valence-corrected chi connectivity index (χ2v) is 6.77. The fourth-order valence-electron chi connectivity index (χ4n) is 3.30. The Kier molecular flexibility index (Phi) is 7.23. The number of rotatable bonds is 4. The minimum Gasteiger partial charge on any atom is -0.392 e. The molecule has 2 N–H and O–H groups in total. The summed E-state index contributed by atoms with van der Waals surface area (Å²) in [5.41, 5.74) is 0. The highest BCUT2D eigenvalue weighted by atomic mass is 16.3. The maximum absolute atomic E-state index is 9.97. The molecule has 2 heteroatoms. The summed E-state index contributed by atoms with van der Waals surface area (Å²) < 4.78 is 0. The van der Waals surface area contributed by atoms with Gasteiger partial charge < -0.3 is 10.4 Å². The molecule has 112 valence electrons. The molecule has 0 aromatic rings. The van der Waals surface area contributed by atoms with E-state index in [4.69, 9.17) is 0 Å². The van der Waals surface area contributed by atoms with Crippen LogP contribution in [0, 0.1) is 5.92 Å². The molecular formula is C17H33NO. The van der Waals surface area contributed by atoms with Crippen LogP contribution >= 0.6 is 0 Å². The number of nitrogens with one attached hydrogen (secondary N) is 1. The lowest BCUT2D eigenvalue weighted by Crippen LogP contribution is -2.36. The van der Waals surface area contributed by atoms with Gasteiger partial charge in [0.05, 0.1) is 6.10 Å². The molecule has 2 rings (SSSR count). The predicted molar refractivity (Wildman–Crippen MR) is 81.3 cm³/mol. The zero-order valence-electron chi connectivity index (χ0n) is 12.6. The maximum atomic E-state index is 9.97. The van der Waals surface area contributed by atoms with Crippen molar-refractivity contribution in [2.24, 2.45) is 5.92 Å². The first kappa shape index (κ1) is 15.3. The van der Waals surface area contributed by atoms with Gasteiger partial charge in [0.25, 0.3) is 0 Å². The molecule has 2 nitrogen and oxygen atoms in total. The Morgan fingerprint density at radius 1 is 0.737 bits per heavy atom. The topological polar surface area (TPSA) is 32.3 Å². The van der Waals surface area contributed by atoms with Gasteiger partial charge in [0, 0.05) is 12.6 Å². The van der Waals surface area contributed by atoms with Crippen molar-refractivity contribution < 1.29 is 5.11 Å². The predicted octanol–water partition coefficient (Wildman–Crippen LogP) is 4.02. The zero-order valence-corrected chi connectivity index (χ0v) is 12.6. The summed E-state index contributed by atoms with van der Waals surface area (Å²) >= 11 is 0. The summed E-state index contributed by atoms with van der Waals surface area (Å²) in [4.78, 5) is 0. The fourth-order valence-corrected chi connectivity index (χ4v) is 3.30. The van der Waals surface area contributed by atoms with E-state index in [9.17, 15) is 5.11 Å². The third-order valence-corrected chi connectivity index (χ3v) is 4.89. The van der Waals surface area contributed by atoms with Crippen LogP contribution in [0.15, 0.2) is 0 Å². The molecule has 0 amide bonds. The molecule has 2 aliphatic carbocycles. The molecule has 2 fully saturated rings. The molecule has 0 radical (unpaired) electrons. The first-order chi connectivity index (χ1) is 9.36. The van der Waals surface area contributed by atoms with Crippen LogP contribution in [0.1, 0.15) is 83.5 Å². The third-order valence-electron chi connectivity index (χ3n) is 4.89. The van der Waals surface area contributed by atoms with Crippen LogP contribution in [-0.4, -0.2) is 23.8 Å². The SMILES string of the molecule is OC(CNC1CCCCCCCCCCC1)C1CC1. The lowest BCUT2D eigenvalue weighted by molar-refractivity contribution is 0.142. The molecular weight excluding hydrogens is 234 g/mol. The average Bonchev–Trinajstić information content (AvgIpc) is 3.22. The van der Waals surface area contributed by atoms with Crippen LogP contribution in [0.5, 0.6) is 0 Å². The molecule has 2 aliphatic rings.